The molecular formula is C18H29N3O3. The molecule has 1 aliphatic heterocycles. The number of furan rings is 1. The maximum atomic E-state index is 12.2. The molecule has 0 bridgehead atoms. The molecule has 6 heteroatoms. The van der Waals surface area contributed by atoms with Gasteiger partial charge in [0.2, 0.25) is 5.91 Å². The van der Waals surface area contributed by atoms with Gasteiger partial charge >= 0.3 is 0 Å². The van der Waals surface area contributed by atoms with Crippen LogP contribution in [-0.4, -0.2) is 47.4 Å². The zero-order valence-electron chi connectivity index (χ0n) is 15.3. The molecule has 1 saturated heterocycles. The highest BCUT2D eigenvalue weighted by atomic mass is 16.3. The van der Waals surface area contributed by atoms with E-state index in [1.54, 1.807) is 12.1 Å². The van der Waals surface area contributed by atoms with Crippen molar-refractivity contribution in [3.05, 3.63) is 24.2 Å². The molecule has 0 atom stereocenters. The van der Waals surface area contributed by atoms with Gasteiger partial charge < -0.3 is 15.1 Å². The first-order chi connectivity index (χ1) is 11.1. The lowest BCUT2D eigenvalue weighted by molar-refractivity contribution is -0.123. The first-order valence-electron chi connectivity index (χ1n) is 8.47. The van der Waals surface area contributed by atoms with Gasteiger partial charge in [-0.15, -0.1) is 0 Å². The standard InChI is InChI=1S/C18H29N3O3/c1-17(2)11-13(12-18(3,4)21(17)5)20-15(22)8-9-19-16(23)14-7-6-10-24-14/h6-7,10,13H,8-9,11-12H2,1-5H3,(H,19,23)(H,20,22). The number of carbonyl (C=O) groups excluding carboxylic acids is 2. The Kier molecular flexibility index (Phi) is 5.38. The van der Waals surface area contributed by atoms with Gasteiger partial charge in [-0.2, -0.15) is 0 Å². The van der Waals surface area contributed by atoms with Gasteiger partial charge in [0, 0.05) is 30.1 Å². The second kappa shape index (κ2) is 6.97. The molecule has 2 heterocycles. The van der Waals surface area contributed by atoms with Crippen LogP contribution in [0.3, 0.4) is 0 Å². The van der Waals surface area contributed by atoms with Crippen LogP contribution in [0.5, 0.6) is 0 Å². The minimum atomic E-state index is -0.297. The van der Waals surface area contributed by atoms with E-state index in [4.69, 9.17) is 4.42 Å². The van der Waals surface area contributed by atoms with Crippen molar-refractivity contribution in [2.75, 3.05) is 13.6 Å². The van der Waals surface area contributed by atoms with Gasteiger partial charge in [0.25, 0.3) is 5.91 Å². The molecule has 0 spiro atoms. The molecule has 24 heavy (non-hydrogen) atoms. The van der Waals surface area contributed by atoms with Crippen LogP contribution < -0.4 is 10.6 Å². The van der Waals surface area contributed by atoms with Crippen LogP contribution in [0.1, 0.15) is 57.5 Å². The molecule has 6 nitrogen and oxygen atoms in total. The topological polar surface area (TPSA) is 74.6 Å². The van der Waals surface area contributed by atoms with Crippen molar-refractivity contribution < 1.29 is 14.0 Å². The number of amides is 2. The van der Waals surface area contributed by atoms with Gasteiger partial charge in [-0.05, 0) is 59.7 Å². The summed E-state index contributed by atoms with van der Waals surface area (Å²) in [5, 5.41) is 5.81. The van der Waals surface area contributed by atoms with Crippen LogP contribution in [0.15, 0.2) is 22.8 Å². The van der Waals surface area contributed by atoms with E-state index in [0.29, 0.717) is 6.54 Å². The fourth-order valence-electron chi connectivity index (χ4n) is 3.56. The number of nitrogens with one attached hydrogen (secondary N) is 2. The lowest BCUT2D eigenvalue weighted by Crippen LogP contribution is -2.62. The molecule has 1 aliphatic rings. The summed E-state index contributed by atoms with van der Waals surface area (Å²) in [6.07, 6.45) is 3.54. The van der Waals surface area contributed by atoms with Crippen molar-refractivity contribution in [3.63, 3.8) is 0 Å². The summed E-state index contributed by atoms with van der Waals surface area (Å²) in [4.78, 5) is 26.3. The monoisotopic (exact) mass is 335 g/mol. The molecule has 2 rings (SSSR count). The smallest absolute Gasteiger partial charge is 0.286 e. The van der Waals surface area contributed by atoms with Crippen molar-refractivity contribution in [3.8, 4) is 0 Å². The average molecular weight is 335 g/mol. The minimum Gasteiger partial charge on any atom is -0.459 e. The van der Waals surface area contributed by atoms with Gasteiger partial charge in [0.15, 0.2) is 5.76 Å². The molecule has 1 fully saturated rings. The fourth-order valence-corrected chi connectivity index (χ4v) is 3.56. The fraction of sp³-hybridized carbons (Fsp3) is 0.667. The number of rotatable bonds is 5. The highest BCUT2D eigenvalue weighted by Crippen LogP contribution is 2.36. The zero-order chi connectivity index (χ0) is 18.0. The second-order valence-corrected chi connectivity index (χ2v) is 7.84. The number of likely N-dealkylation sites (tertiary alicyclic amines) is 1. The third-order valence-electron chi connectivity index (χ3n) is 5.06. The molecule has 1 aromatic rings. The Morgan fingerprint density at radius 2 is 1.88 bits per heavy atom. The lowest BCUT2D eigenvalue weighted by Gasteiger charge is -2.53. The van der Waals surface area contributed by atoms with Crippen LogP contribution in [0, 0.1) is 0 Å². The number of piperidine rings is 1. The second-order valence-electron chi connectivity index (χ2n) is 7.84. The molecule has 2 amide bonds. The van der Waals surface area contributed by atoms with Crippen molar-refractivity contribution >= 4 is 11.8 Å². The van der Waals surface area contributed by atoms with Crippen molar-refractivity contribution in [2.24, 2.45) is 0 Å². The first-order valence-corrected chi connectivity index (χ1v) is 8.47. The summed E-state index contributed by atoms with van der Waals surface area (Å²) in [5.74, 6) is -0.0699. The quantitative estimate of drug-likeness (QED) is 0.865. The molecule has 134 valence electrons. The van der Waals surface area contributed by atoms with E-state index >= 15 is 0 Å². The van der Waals surface area contributed by atoms with E-state index in [9.17, 15) is 9.59 Å². The Morgan fingerprint density at radius 1 is 1.25 bits per heavy atom. The Bertz CT molecular complexity index is 560. The predicted octanol–water partition coefficient (Wildman–Crippen LogP) is 2.17. The van der Waals surface area contributed by atoms with E-state index in [2.05, 4.69) is 50.3 Å². The summed E-state index contributed by atoms with van der Waals surface area (Å²) in [5.41, 5.74) is 0.0698. The number of nitrogens with zero attached hydrogens (tertiary/aromatic N) is 1. The molecule has 0 aliphatic carbocycles. The summed E-state index contributed by atoms with van der Waals surface area (Å²) in [7, 11) is 2.14. The molecule has 0 aromatic carbocycles. The van der Waals surface area contributed by atoms with Crippen LogP contribution in [0.2, 0.25) is 0 Å². The molecule has 2 N–H and O–H groups in total. The summed E-state index contributed by atoms with van der Waals surface area (Å²) in [6, 6.07) is 3.41. The maximum absolute atomic E-state index is 12.2. The van der Waals surface area contributed by atoms with E-state index in [1.165, 1.54) is 6.26 Å². The Labute approximate surface area is 144 Å². The first kappa shape index (κ1) is 18.5. The number of carbonyl (C=O) groups is 2. The SMILES string of the molecule is CN1C(C)(C)CC(NC(=O)CCNC(=O)c2ccco2)CC1(C)C. The van der Waals surface area contributed by atoms with E-state index in [-0.39, 0.29) is 41.1 Å². The van der Waals surface area contributed by atoms with Crippen LogP contribution >= 0.6 is 0 Å². The predicted molar refractivity (Wildman–Crippen MR) is 92.7 cm³/mol. The Balaban J connectivity index is 1.79. The third-order valence-corrected chi connectivity index (χ3v) is 5.06. The number of hydrogen-bond acceptors (Lipinski definition) is 4. The summed E-state index contributed by atoms with van der Waals surface area (Å²) in [6.45, 7) is 9.12. The van der Waals surface area contributed by atoms with Gasteiger partial charge in [0.05, 0.1) is 6.26 Å². The molecular weight excluding hydrogens is 306 g/mol. The Hall–Kier alpha value is -1.82. The molecule has 0 radical (unpaired) electrons. The van der Waals surface area contributed by atoms with Crippen LogP contribution in [0.4, 0.5) is 0 Å². The van der Waals surface area contributed by atoms with Crippen LogP contribution in [0.25, 0.3) is 0 Å². The zero-order valence-corrected chi connectivity index (χ0v) is 15.3. The van der Waals surface area contributed by atoms with Gasteiger partial charge in [0.1, 0.15) is 0 Å². The minimum absolute atomic E-state index is 0.0316. The highest BCUT2D eigenvalue weighted by Gasteiger charge is 2.43. The molecule has 0 saturated carbocycles. The van der Waals surface area contributed by atoms with Crippen LogP contribution in [-0.2, 0) is 4.79 Å². The molecule has 1 aromatic heterocycles. The van der Waals surface area contributed by atoms with E-state index in [0.717, 1.165) is 12.8 Å². The normalized spacial score (nSPS) is 20.5. The van der Waals surface area contributed by atoms with E-state index in [1.807, 2.05) is 0 Å². The van der Waals surface area contributed by atoms with E-state index < -0.39 is 0 Å². The summed E-state index contributed by atoms with van der Waals surface area (Å²) < 4.78 is 5.01. The maximum Gasteiger partial charge on any atom is 0.286 e. The Morgan fingerprint density at radius 3 is 2.42 bits per heavy atom. The highest BCUT2D eigenvalue weighted by molar-refractivity contribution is 5.91. The third kappa shape index (κ3) is 4.38. The van der Waals surface area contributed by atoms with Gasteiger partial charge in [-0.3, -0.25) is 14.5 Å². The van der Waals surface area contributed by atoms with Crippen molar-refractivity contribution in [2.45, 2.75) is 64.1 Å². The van der Waals surface area contributed by atoms with Crippen molar-refractivity contribution in [1.29, 1.82) is 0 Å². The summed E-state index contributed by atoms with van der Waals surface area (Å²) >= 11 is 0. The molecule has 0 unspecified atom stereocenters. The van der Waals surface area contributed by atoms with Gasteiger partial charge in [-0.25, -0.2) is 0 Å². The average Bonchev–Trinajstić information content (AvgIpc) is 2.98. The largest absolute Gasteiger partial charge is 0.459 e. The van der Waals surface area contributed by atoms with Gasteiger partial charge in [-0.1, -0.05) is 0 Å². The number of hydrogen-bond donors (Lipinski definition) is 2. The van der Waals surface area contributed by atoms with Crippen molar-refractivity contribution in [1.82, 2.24) is 15.5 Å². The lowest BCUT2D eigenvalue weighted by atomic mass is 9.77.